The molecule has 1 aliphatic rings. The first kappa shape index (κ1) is 11.4. The Morgan fingerprint density at radius 3 is 2.67 bits per heavy atom. The number of hydrogen-bond donors (Lipinski definition) is 1. The zero-order valence-corrected chi connectivity index (χ0v) is 11.1. The van der Waals surface area contributed by atoms with E-state index in [1.54, 1.807) is 0 Å². The molecule has 2 aromatic rings. The van der Waals surface area contributed by atoms with E-state index in [-0.39, 0.29) is 0 Å². The summed E-state index contributed by atoms with van der Waals surface area (Å²) in [5.41, 5.74) is 3.81. The number of anilines is 1. The number of fused-ring (bicyclic) bond motifs is 1. The van der Waals surface area contributed by atoms with Gasteiger partial charge in [-0.05, 0) is 30.7 Å². The van der Waals surface area contributed by atoms with Crippen molar-refractivity contribution in [2.24, 2.45) is 0 Å². The van der Waals surface area contributed by atoms with E-state index < -0.39 is 0 Å². The lowest BCUT2D eigenvalue weighted by molar-refractivity contribution is 1.24. The molecule has 0 bridgehead atoms. The van der Waals surface area contributed by atoms with Crippen LogP contribution in [-0.2, 0) is 0 Å². The molecule has 0 aromatic heterocycles. The van der Waals surface area contributed by atoms with Gasteiger partial charge < -0.3 is 5.32 Å². The summed E-state index contributed by atoms with van der Waals surface area (Å²) in [5, 5.41) is 3.46. The largest absolute Gasteiger partial charge is 0.380 e. The quantitative estimate of drug-likeness (QED) is 0.800. The zero-order chi connectivity index (χ0) is 12.4. The van der Waals surface area contributed by atoms with E-state index in [0.29, 0.717) is 0 Å². The van der Waals surface area contributed by atoms with Gasteiger partial charge in [-0.1, -0.05) is 53.7 Å². The lowest BCUT2D eigenvalue weighted by Gasteiger charge is -2.19. The summed E-state index contributed by atoms with van der Waals surface area (Å²) in [6, 6.07) is 17.1. The minimum Gasteiger partial charge on any atom is -0.380 e. The number of hydrogen-bond acceptors (Lipinski definition) is 2. The second-order valence-electron chi connectivity index (χ2n) is 4.47. The Morgan fingerprint density at radius 1 is 1.06 bits per heavy atom. The Labute approximate surface area is 112 Å². The van der Waals surface area contributed by atoms with Gasteiger partial charge in [0.25, 0.3) is 0 Å². The lowest BCUT2D eigenvalue weighted by Crippen LogP contribution is -2.08. The first-order chi connectivity index (χ1) is 8.81. The molecule has 0 amide bonds. The predicted octanol–water partition coefficient (Wildman–Crippen LogP) is 4.55. The number of nitrogens with one attached hydrogen (secondary N) is 1. The third-order valence-corrected chi connectivity index (χ3v) is 4.09. The van der Waals surface area contributed by atoms with Gasteiger partial charge in [-0.2, -0.15) is 0 Å². The summed E-state index contributed by atoms with van der Waals surface area (Å²) in [7, 11) is 0. The van der Waals surface area contributed by atoms with Crippen molar-refractivity contribution in [2.45, 2.75) is 11.8 Å². The molecule has 2 aromatic carbocycles. The maximum absolute atomic E-state index is 3.46. The SMILES string of the molecule is Cc1ccc(/C=C2\CNc3ccccc3S2)cc1. The zero-order valence-electron chi connectivity index (χ0n) is 10.3. The monoisotopic (exact) mass is 253 g/mol. The van der Waals surface area contributed by atoms with E-state index in [9.17, 15) is 0 Å². The fourth-order valence-corrected chi connectivity index (χ4v) is 3.01. The fourth-order valence-electron chi connectivity index (χ4n) is 1.99. The van der Waals surface area contributed by atoms with E-state index in [1.807, 2.05) is 11.8 Å². The smallest absolute Gasteiger partial charge is 0.0484 e. The topological polar surface area (TPSA) is 12.0 Å². The Balaban J connectivity index is 1.85. The van der Waals surface area contributed by atoms with Gasteiger partial charge in [0.05, 0.1) is 0 Å². The van der Waals surface area contributed by atoms with Crippen LogP contribution in [0.4, 0.5) is 5.69 Å². The van der Waals surface area contributed by atoms with Crippen molar-refractivity contribution in [3.05, 3.63) is 64.6 Å². The van der Waals surface area contributed by atoms with Crippen LogP contribution < -0.4 is 5.32 Å². The molecule has 0 unspecified atom stereocenters. The van der Waals surface area contributed by atoms with Gasteiger partial charge in [0, 0.05) is 22.0 Å². The van der Waals surface area contributed by atoms with Gasteiger partial charge in [-0.25, -0.2) is 0 Å². The third kappa shape index (κ3) is 2.44. The van der Waals surface area contributed by atoms with Crippen molar-refractivity contribution < 1.29 is 0 Å². The third-order valence-electron chi connectivity index (χ3n) is 2.99. The number of aryl methyl sites for hydroxylation is 1. The molecule has 0 saturated heterocycles. The highest BCUT2D eigenvalue weighted by Gasteiger charge is 2.11. The van der Waals surface area contributed by atoms with Crippen LogP contribution in [0.5, 0.6) is 0 Å². The standard InChI is InChI=1S/C16H15NS/c1-12-6-8-13(9-7-12)10-14-11-17-15-4-2-3-5-16(15)18-14/h2-10,17H,11H2,1H3/b14-10+. The van der Waals surface area contributed by atoms with Gasteiger partial charge in [-0.15, -0.1) is 0 Å². The molecule has 0 saturated carbocycles. The minimum absolute atomic E-state index is 0.912. The van der Waals surface area contributed by atoms with Crippen molar-refractivity contribution in [3.8, 4) is 0 Å². The van der Waals surface area contributed by atoms with E-state index >= 15 is 0 Å². The average Bonchev–Trinajstić information content (AvgIpc) is 2.41. The molecular formula is C16H15NS. The van der Waals surface area contributed by atoms with E-state index in [4.69, 9.17) is 0 Å². The van der Waals surface area contributed by atoms with Crippen molar-refractivity contribution >= 4 is 23.5 Å². The highest BCUT2D eigenvalue weighted by atomic mass is 32.2. The summed E-state index contributed by atoms with van der Waals surface area (Å²) >= 11 is 1.85. The molecule has 0 aliphatic carbocycles. The Morgan fingerprint density at radius 2 is 1.83 bits per heavy atom. The van der Waals surface area contributed by atoms with Gasteiger partial charge in [0.1, 0.15) is 0 Å². The maximum atomic E-state index is 3.46. The molecule has 0 spiro atoms. The second kappa shape index (κ2) is 4.91. The molecule has 0 radical (unpaired) electrons. The molecule has 18 heavy (non-hydrogen) atoms. The summed E-state index contributed by atoms with van der Waals surface area (Å²) in [4.78, 5) is 2.67. The molecule has 2 heteroatoms. The molecule has 3 rings (SSSR count). The summed E-state index contributed by atoms with van der Waals surface area (Å²) in [6.45, 7) is 3.03. The van der Waals surface area contributed by atoms with Gasteiger partial charge >= 0.3 is 0 Å². The van der Waals surface area contributed by atoms with E-state index in [2.05, 4.69) is 66.8 Å². The van der Waals surface area contributed by atoms with Crippen LogP contribution in [-0.4, -0.2) is 6.54 Å². The molecular weight excluding hydrogens is 238 g/mol. The van der Waals surface area contributed by atoms with Crippen molar-refractivity contribution in [1.29, 1.82) is 0 Å². The normalized spacial score (nSPS) is 16.2. The highest BCUT2D eigenvalue weighted by molar-refractivity contribution is 8.03. The number of thioether (sulfide) groups is 1. The Hall–Kier alpha value is -1.67. The number of para-hydroxylation sites is 1. The first-order valence-electron chi connectivity index (χ1n) is 6.09. The van der Waals surface area contributed by atoms with Crippen molar-refractivity contribution in [1.82, 2.24) is 0 Å². The summed E-state index contributed by atoms with van der Waals surface area (Å²) in [6.07, 6.45) is 2.26. The van der Waals surface area contributed by atoms with Crippen LogP contribution in [0.15, 0.2) is 58.3 Å². The second-order valence-corrected chi connectivity index (χ2v) is 5.64. The minimum atomic E-state index is 0.912. The van der Waals surface area contributed by atoms with Crippen LogP contribution in [0.3, 0.4) is 0 Å². The Bertz CT molecular complexity index is 584. The molecule has 1 nitrogen and oxygen atoms in total. The predicted molar refractivity (Wildman–Crippen MR) is 79.9 cm³/mol. The molecule has 1 aliphatic heterocycles. The van der Waals surface area contributed by atoms with Crippen molar-refractivity contribution in [3.63, 3.8) is 0 Å². The van der Waals surface area contributed by atoms with Crippen molar-refractivity contribution in [2.75, 3.05) is 11.9 Å². The van der Waals surface area contributed by atoms with Crippen LogP contribution >= 0.6 is 11.8 Å². The fraction of sp³-hybridized carbons (Fsp3) is 0.125. The van der Waals surface area contributed by atoms with Crippen LogP contribution in [0.2, 0.25) is 0 Å². The molecule has 0 atom stereocenters. The molecule has 0 fully saturated rings. The average molecular weight is 253 g/mol. The highest BCUT2D eigenvalue weighted by Crippen LogP contribution is 2.37. The lowest BCUT2D eigenvalue weighted by atomic mass is 10.1. The number of benzene rings is 2. The maximum Gasteiger partial charge on any atom is 0.0484 e. The molecule has 1 heterocycles. The van der Waals surface area contributed by atoms with Gasteiger partial charge in [-0.3, -0.25) is 0 Å². The first-order valence-corrected chi connectivity index (χ1v) is 6.91. The summed E-state index contributed by atoms with van der Waals surface area (Å²) in [5.74, 6) is 0. The summed E-state index contributed by atoms with van der Waals surface area (Å²) < 4.78 is 0. The van der Waals surface area contributed by atoms with Crippen LogP contribution in [0.25, 0.3) is 6.08 Å². The van der Waals surface area contributed by atoms with Crippen LogP contribution in [0, 0.1) is 6.92 Å². The molecule has 1 N–H and O–H groups in total. The van der Waals surface area contributed by atoms with Gasteiger partial charge in [0.15, 0.2) is 0 Å². The Kier molecular flexibility index (Phi) is 3.11. The molecule has 90 valence electrons. The van der Waals surface area contributed by atoms with Gasteiger partial charge in [0.2, 0.25) is 0 Å². The number of rotatable bonds is 1. The van der Waals surface area contributed by atoms with E-state index in [0.717, 1.165) is 6.54 Å². The van der Waals surface area contributed by atoms with Crippen LogP contribution in [0.1, 0.15) is 11.1 Å². The van der Waals surface area contributed by atoms with E-state index in [1.165, 1.54) is 26.6 Å².